The second kappa shape index (κ2) is 4.56. The fourth-order valence-electron chi connectivity index (χ4n) is 3.73. The van der Waals surface area contributed by atoms with Gasteiger partial charge in [0.2, 0.25) is 0 Å². The first-order chi connectivity index (χ1) is 10.2. The van der Waals surface area contributed by atoms with Gasteiger partial charge in [0.05, 0.1) is 25.7 Å². The fraction of sp³-hybridized carbons (Fsp3) is 0.500. The molecule has 2 heterocycles. The highest BCUT2D eigenvalue weighted by Gasteiger charge is 2.61. The van der Waals surface area contributed by atoms with E-state index in [2.05, 4.69) is 4.98 Å². The fourth-order valence-corrected chi connectivity index (χ4v) is 3.73. The average molecular weight is 287 g/mol. The Morgan fingerprint density at radius 1 is 1.48 bits per heavy atom. The molecule has 1 aromatic carbocycles. The van der Waals surface area contributed by atoms with Crippen molar-refractivity contribution in [2.75, 3.05) is 19.8 Å². The van der Waals surface area contributed by atoms with Crippen LogP contribution < -0.4 is 0 Å². The topological polar surface area (TPSA) is 61.6 Å². The molecule has 0 amide bonds. The van der Waals surface area contributed by atoms with Crippen molar-refractivity contribution in [3.05, 3.63) is 30.2 Å². The number of rotatable bonds is 3. The van der Waals surface area contributed by atoms with Gasteiger partial charge in [-0.15, -0.1) is 0 Å². The van der Waals surface area contributed by atoms with Crippen molar-refractivity contribution >= 4 is 17.1 Å². The largest absolute Gasteiger partial charge is 0.466 e. The van der Waals surface area contributed by atoms with Crippen LogP contribution in [-0.4, -0.2) is 30.8 Å². The predicted octanol–water partition coefficient (Wildman–Crippen LogP) is 2.51. The van der Waals surface area contributed by atoms with Crippen molar-refractivity contribution in [3.8, 4) is 0 Å². The molecule has 2 aromatic rings. The molecule has 1 aliphatic carbocycles. The van der Waals surface area contributed by atoms with Crippen LogP contribution in [0.3, 0.4) is 0 Å². The zero-order chi connectivity index (χ0) is 14.4. The van der Waals surface area contributed by atoms with Crippen molar-refractivity contribution in [2.24, 2.45) is 11.3 Å². The third kappa shape index (κ3) is 1.80. The van der Waals surface area contributed by atoms with Crippen LogP contribution in [0.5, 0.6) is 0 Å². The minimum absolute atomic E-state index is 0.0711. The normalized spacial score (nSPS) is 26.3. The number of hydrogen-bond donors (Lipinski definition) is 0. The highest BCUT2D eigenvalue weighted by molar-refractivity contribution is 5.78. The Balaban J connectivity index is 1.69. The molecular formula is C16H17NO4. The van der Waals surface area contributed by atoms with Crippen LogP contribution >= 0.6 is 0 Å². The highest BCUT2D eigenvalue weighted by atomic mass is 16.5. The van der Waals surface area contributed by atoms with Crippen LogP contribution in [-0.2, 0) is 14.3 Å². The number of ether oxygens (including phenoxy) is 2. The number of nitrogens with zero attached hydrogens (tertiary/aromatic N) is 1. The van der Waals surface area contributed by atoms with Gasteiger partial charge >= 0.3 is 5.97 Å². The second-order valence-electron chi connectivity index (χ2n) is 5.98. The minimum atomic E-state index is -0.0970. The van der Waals surface area contributed by atoms with E-state index < -0.39 is 0 Å². The Hall–Kier alpha value is -1.88. The van der Waals surface area contributed by atoms with Gasteiger partial charge in [-0.1, -0.05) is 6.07 Å². The lowest BCUT2D eigenvalue weighted by Gasteiger charge is -2.58. The molecule has 110 valence electrons. The second-order valence-corrected chi connectivity index (χ2v) is 5.98. The molecule has 2 unspecified atom stereocenters. The zero-order valence-corrected chi connectivity index (χ0v) is 11.9. The number of benzene rings is 1. The summed E-state index contributed by atoms with van der Waals surface area (Å²) in [5.41, 5.74) is 2.83. The summed E-state index contributed by atoms with van der Waals surface area (Å²) in [6.45, 7) is 3.72. The Bertz CT molecular complexity index is 688. The number of carbonyl (C=O) groups excluding carboxylic acids is 1. The first-order valence-corrected chi connectivity index (χ1v) is 7.31. The Morgan fingerprint density at radius 3 is 3.05 bits per heavy atom. The van der Waals surface area contributed by atoms with Crippen LogP contribution in [0.2, 0.25) is 0 Å². The Kier molecular flexibility index (Phi) is 2.79. The molecule has 2 aliphatic rings. The summed E-state index contributed by atoms with van der Waals surface area (Å²) in [7, 11) is 0. The van der Waals surface area contributed by atoms with E-state index in [1.807, 2.05) is 25.1 Å². The molecule has 0 N–H and O–H groups in total. The minimum Gasteiger partial charge on any atom is -0.466 e. The number of hydrogen-bond acceptors (Lipinski definition) is 5. The first kappa shape index (κ1) is 12.8. The predicted molar refractivity (Wildman–Crippen MR) is 74.7 cm³/mol. The molecule has 0 radical (unpaired) electrons. The van der Waals surface area contributed by atoms with Gasteiger partial charge in [0.15, 0.2) is 12.0 Å². The first-order valence-electron chi connectivity index (χ1n) is 7.31. The summed E-state index contributed by atoms with van der Waals surface area (Å²) in [6.07, 6.45) is 2.30. The van der Waals surface area contributed by atoms with Gasteiger partial charge in [0.25, 0.3) is 0 Å². The van der Waals surface area contributed by atoms with E-state index in [9.17, 15) is 4.79 Å². The van der Waals surface area contributed by atoms with Crippen LogP contribution in [0.15, 0.2) is 29.0 Å². The lowest BCUT2D eigenvalue weighted by molar-refractivity contribution is -0.208. The van der Waals surface area contributed by atoms with Crippen molar-refractivity contribution in [1.82, 2.24) is 4.98 Å². The number of oxazole rings is 1. The maximum Gasteiger partial charge on any atom is 0.309 e. The van der Waals surface area contributed by atoms with Crippen molar-refractivity contribution in [2.45, 2.75) is 19.3 Å². The Morgan fingerprint density at radius 2 is 2.33 bits per heavy atom. The van der Waals surface area contributed by atoms with Gasteiger partial charge in [-0.3, -0.25) is 4.79 Å². The van der Waals surface area contributed by atoms with Gasteiger partial charge in [-0.25, -0.2) is 4.98 Å². The zero-order valence-electron chi connectivity index (χ0n) is 11.9. The smallest absolute Gasteiger partial charge is 0.309 e. The summed E-state index contributed by atoms with van der Waals surface area (Å²) in [5.74, 6) is -0.00937. The van der Waals surface area contributed by atoms with E-state index >= 15 is 0 Å². The number of carbonyl (C=O) groups is 1. The van der Waals surface area contributed by atoms with E-state index in [1.54, 1.807) is 0 Å². The van der Waals surface area contributed by atoms with Crippen molar-refractivity contribution < 1.29 is 18.7 Å². The maximum absolute atomic E-state index is 12.2. The standard InChI is InChI=1S/C16H17NO4/c1-2-20-15(18)11-6-16(7-19-8-16)14(11)10-3-4-13-12(5-10)17-9-21-13/h3-5,9,11,14H,2,6-8H2,1H3. The molecule has 1 aromatic heterocycles. The molecule has 21 heavy (non-hydrogen) atoms. The van der Waals surface area contributed by atoms with Gasteiger partial charge < -0.3 is 13.9 Å². The van der Waals surface area contributed by atoms with E-state index in [4.69, 9.17) is 13.9 Å². The highest BCUT2D eigenvalue weighted by Crippen LogP contribution is 2.61. The third-order valence-corrected chi connectivity index (χ3v) is 4.77. The summed E-state index contributed by atoms with van der Waals surface area (Å²) in [5, 5.41) is 0. The molecule has 2 fully saturated rings. The van der Waals surface area contributed by atoms with E-state index in [0.717, 1.165) is 36.3 Å². The Labute approximate surface area is 122 Å². The van der Waals surface area contributed by atoms with Crippen molar-refractivity contribution in [3.63, 3.8) is 0 Å². The van der Waals surface area contributed by atoms with Gasteiger partial charge in [0.1, 0.15) is 5.52 Å². The SMILES string of the molecule is CCOC(=O)C1CC2(COC2)C1c1ccc2ocnc2c1. The van der Waals surface area contributed by atoms with Crippen LogP contribution in [0.25, 0.3) is 11.1 Å². The van der Waals surface area contributed by atoms with Crippen LogP contribution in [0.4, 0.5) is 0 Å². The molecular weight excluding hydrogens is 270 g/mol. The molecule has 1 aliphatic heterocycles. The molecule has 0 bridgehead atoms. The van der Waals surface area contributed by atoms with E-state index in [0.29, 0.717) is 6.61 Å². The lowest BCUT2D eigenvalue weighted by atomic mass is 9.50. The molecule has 5 nitrogen and oxygen atoms in total. The summed E-state index contributed by atoms with van der Waals surface area (Å²) in [6, 6.07) is 5.98. The molecule has 1 saturated carbocycles. The summed E-state index contributed by atoms with van der Waals surface area (Å²) in [4.78, 5) is 16.4. The number of fused-ring (bicyclic) bond motifs is 1. The molecule has 4 rings (SSSR count). The van der Waals surface area contributed by atoms with Gasteiger partial charge in [0, 0.05) is 11.3 Å². The molecule has 5 heteroatoms. The third-order valence-electron chi connectivity index (χ3n) is 4.77. The van der Waals surface area contributed by atoms with Gasteiger partial charge in [-0.2, -0.15) is 0 Å². The molecule has 2 atom stereocenters. The average Bonchev–Trinajstić information content (AvgIpc) is 2.83. The van der Waals surface area contributed by atoms with Crippen molar-refractivity contribution in [1.29, 1.82) is 0 Å². The van der Waals surface area contributed by atoms with E-state index in [1.165, 1.54) is 6.39 Å². The molecule has 1 spiro atoms. The summed E-state index contributed by atoms with van der Waals surface area (Å²) >= 11 is 0. The maximum atomic E-state index is 12.2. The lowest BCUT2D eigenvalue weighted by Crippen LogP contribution is -2.60. The number of esters is 1. The van der Waals surface area contributed by atoms with Gasteiger partial charge in [-0.05, 0) is 31.0 Å². The van der Waals surface area contributed by atoms with Crippen LogP contribution in [0, 0.1) is 11.3 Å². The summed E-state index contributed by atoms with van der Waals surface area (Å²) < 4.78 is 15.9. The monoisotopic (exact) mass is 287 g/mol. The quantitative estimate of drug-likeness (QED) is 0.812. The van der Waals surface area contributed by atoms with Crippen LogP contribution in [0.1, 0.15) is 24.8 Å². The molecule has 1 saturated heterocycles. The number of aromatic nitrogens is 1. The van der Waals surface area contributed by atoms with E-state index in [-0.39, 0.29) is 23.2 Å².